The molecule has 104 valence electrons. The van der Waals surface area contributed by atoms with Gasteiger partial charge in [0.25, 0.3) is 0 Å². The molecule has 0 radical (unpaired) electrons. The van der Waals surface area contributed by atoms with Crippen LogP contribution in [0.2, 0.25) is 0 Å². The minimum atomic E-state index is -0.320. The first-order valence-corrected chi connectivity index (χ1v) is 6.84. The summed E-state index contributed by atoms with van der Waals surface area (Å²) in [5.74, 6) is 1.93. The Morgan fingerprint density at radius 1 is 1.20 bits per heavy atom. The Labute approximate surface area is 119 Å². The molecule has 0 unspecified atom stereocenters. The maximum Gasteiger partial charge on any atom is 0.487 e. The number of H-pyrrole nitrogens is 1. The van der Waals surface area contributed by atoms with Crippen LogP contribution in [0, 0.1) is 0 Å². The fraction of sp³-hybridized carbons (Fsp3) is 0.400. The molecule has 0 aromatic carbocycles. The van der Waals surface area contributed by atoms with Gasteiger partial charge in [-0.15, -0.1) is 0 Å². The molecule has 0 amide bonds. The van der Waals surface area contributed by atoms with Crippen LogP contribution >= 0.6 is 0 Å². The van der Waals surface area contributed by atoms with Crippen molar-refractivity contribution in [2.24, 2.45) is 0 Å². The minimum absolute atomic E-state index is 0.302. The summed E-state index contributed by atoms with van der Waals surface area (Å²) in [7, 11) is -0.320. The van der Waals surface area contributed by atoms with Crippen molar-refractivity contribution in [2.75, 3.05) is 0 Å². The number of hydrogen-bond acceptors (Lipinski definition) is 3. The SMILES string of the molecule is CC1(C)OB(/C=C/c2cnc3cc[nH]c3c2)OC1(C)C. The van der Waals surface area contributed by atoms with Crippen LogP contribution < -0.4 is 0 Å². The number of hydrogen-bond donors (Lipinski definition) is 1. The monoisotopic (exact) mass is 270 g/mol. The molecule has 0 spiro atoms. The van der Waals surface area contributed by atoms with Gasteiger partial charge in [0.2, 0.25) is 0 Å². The van der Waals surface area contributed by atoms with E-state index >= 15 is 0 Å². The van der Waals surface area contributed by atoms with E-state index in [4.69, 9.17) is 9.31 Å². The lowest BCUT2D eigenvalue weighted by Crippen LogP contribution is -2.41. The molecule has 1 fully saturated rings. The topological polar surface area (TPSA) is 47.1 Å². The third kappa shape index (κ3) is 2.27. The molecular formula is C15H19BN2O2. The van der Waals surface area contributed by atoms with Crippen LogP contribution in [0.1, 0.15) is 33.3 Å². The van der Waals surface area contributed by atoms with Gasteiger partial charge in [-0.05, 0) is 45.4 Å². The Kier molecular flexibility index (Phi) is 2.99. The third-order valence-corrected chi connectivity index (χ3v) is 4.14. The first-order chi connectivity index (χ1) is 9.37. The lowest BCUT2D eigenvalue weighted by atomic mass is 9.89. The van der Waals surface area contributed by atoms with Crippen molar-refractivity contribution in [3.05, 3.63) is 36.1 Å². The summed E-state index contributed by atoms with van der Waals surface area (Å²) in [6.07, 6.45) is 5.72. The van der Waals surface area contributed by atoms with E-state index in [-0.39, 0.29) is 18.3 Å². The minimum Gasteiger partial charge on any atom is -0.400 e. The van der Waals surface area contributed by atoms with Crippen molar-refractivity contribution in [1.82, 2.24) is 9.97 Å². The molecule has 0 atom stereocenters. The van der Waals surface area contributed by atoms with Gasteiger partial charge in [-0.1, -0.05) is 12.1 Å². The molecule has 3 heterocycles. The van der Waals surface area contributed by atoms with Crippen LogP contribution in [0.5, 0.6) is 0 Å². The highest BCUT2D eigenvalue weighted by atomic mass is 16.7. The molecule has 1 aliphatic heterocycles. The van der Waals surface area contributed by atoms with Gasteiger partial charge in [-0.25, -0.2) is 0 Å². The average molecular weight is 270 g/mol. The van der Waals surface area contributed by atoms with Gasteiger partial charge >= 0.3 is 7.12 Å². The zero-order chi connectivity index (χ0) is 14.4. The van der Waals surface area contributed by atoms with E-state index in [0.717, 1.165) is 16.6 Å². The zero-order valence-corrected chi connectivity index (χ0v) is 12.3. The number of nitrogens with one attached hydrogen (secondary N) is 1. The molecule has 0 bridgehead atoms. The fourth-order valence-corrected chi connectivity index (χ4v) is 2.20. The second-order valence-corrected chi connectivity index (χ2v) is 6.16. The summed E-state index contributed by atoms with van der Waals surface area (Å²) in [5.41, 5.74) is 2.42. The van der Waals surface area contributed by atoms with Crippen LogP contribution in [0.4, 0.5) is 0 Å². The van der Waals surface area contributed by atoms with Gasteiger partial charge in [-0.2, -0.15) is 0 Å². The first-order valence-electron chi connectivity index (χ1n) is 6.84. The highest BCUT2D eigenvalue weighted by Gasteiger charge is 2.49. The number of aromatic amines is 1. The smallest absolute Gasteiger partial charge is 0.400 e. The maximum absolute atomic E-state index is 5.92. The Balaban J connectivity index is 1.78. The molecule has 3 rings (SSSR count). The van der Waals surface area contributed by atoms with E-state index in [9.17, 15) is 0 Å². The fourth-order valence-electron chi connectivity index (χ4n) is 2.20. The summed E-state index contributed by atoms with van der Waals surface area (Å²) in [4.78, 5) is 7.53. The van der Waals surface area contributed by atoms with Crippen LogP contribution in [0.3, 0.4) is 0 Å². The standard InChI is InChI=1S/C15H19BN2O2/c1-14(2)15(3,4)20-16(19-14)7-5-11-9-13-12(18-10-11)6-8-17-13/h5-10,17H,1-4H3/b7-5+. The van der Waals surface area contributed by atoms with Gasteiger partial charge < -0.3 is 14.3 Å². The highest BCUT2D eigenvalue weighted by Crippen LogP contribution is 2.37. The molecule has 20 heavy (non-hydrogen) atoms. The number of pyridine rings is 1. The van der Waals surface area contributed by atoms with Gasteiger partial charge in [0.15, 0.2) is 0 Å². The summed E-state index contributed by atoms with van der Waals surface area (Å²) < 4.78 is 11.8. The lowest BCUT2D eigenvalue weighted by Gasteiger charge is -2.32. The Morgan fingerprint density at radius 3 is 2.60 bits per heavy atom. The number of aromatic nitrogens is 2. The van der Waals surface area contributed by atoms with Crippen LogP contribution in [0.25, 0.3) is 17.1 Å². The van der Waals surface area contributed by atoms with Crippen molar-refractivity contribution in [3.63, 3.8) is 0 Å². The van der Waals surface area contributed by atoms with Crippen molar-refractivity contribution >= 4 is 24.2 Å². The molecule has 1 aliphatic rings. The van der Waals surface area contributed by atoms with E-state index in [1.54, 1.807) is 0 Å². The zero-order valence-electron chi connectivity index (χ0n) is 12.3. The number of rotatable bonds is 2. The van der Waals surface area contributed by atoms with E-state index < -0.39 is 0 Å². The Bertz CT molecular complexity index is 645. The summed E-state index contributed by atoms with van der Waals surface area (Å²) in [6, 6.07) is 4.02. The van der Waals surface area contributed by atoms with E-state index in [1.165, 1.54) is 0 Å². The normalized spacial score (nSPS) is 21.1. The highest BCUT2D eigenvalue weighted by molar-refractivity contribution is 6.52. The Hall–Kier alpha value is -1.59. The van der Waals surface area contributed by atoms with Gasteiger partial charge in [0.05, 0.1) is 22.2 Å². The first kappa shape index (κ1) is 13.4. The van der Waals surface area contributed by atoms with Crippen molar-refractivity contribution in [2.45, 2.75) is 38.9 Å². The predicted octanol–water partition coefficient (Wildman–Crippen LogP) is 3.21. The predicted molar refractivity (Wildman–Crippen MR) is 81.2 cm³/mol. The van der Waals surface area contributed by atoms with E-state index in [0.29, 0.717) is 0 Å². The summed E-state index contributed by atoms with van der Waals surface area (Å²) in [6.45, 7) is 8.20. The molecule has 4 nitrogen and oxygen atoms in total. The third-order valence-electron chi connectivity index (χ3n) is 4.14. The molecular weight excluding hydrogens is 251 g/mol. The molecule has 0 saturated carbocycles. The molecule has 1 N–H and O–H groups in total. The molecule has 0 aliphatic carbocycles. The summed E-state index contributed by atoms with van der Waals surface area (Å²) >= 11 is 0. The largest absolute Gasteiger partial charge is 0.487 e. The van der Waals surface area contributed by atoms with Gasteiger partial charge in [0, 0.05) is 12.4 Å². The second kappa shape index (κ2) is 4.47. The quantitative estimate of drug-likeness (QED) is 0.852. The molecule has 5 heteroatoms. The van der Waals surface area contributed by atoms with Gasteiger partial charge in [0.1, 0.15) is 0 Å². The van der Waals surface area contributed by atoms with Crippen molar-refractivity contribution in [3.8, 4) is 0 Å². The van der Waals surface area contributed by atoms with Crippen LogP contribution in [0.15, 0.2) is 30.5 Å². The molecule has 1 saturated heterocycles. The number of nitrogens with zero attached hydrogens (tertiary/aromatic N) is 1. The maximum atomic E-state index is 5.92. The Morgan fingerprint density at radius 2 is 1.90 bits per heavy atom. The van der Waals surface area contributed by atoms with Crippen LogP contribution in [-0.2, 0) is 9.31 Å². The summed E-state index contributed by atoms with van der Waals surface area (Å²) in [5, 5.41) is 0. The average Bonchev–Trinajstić information content (AvgIpc) is 2.89. The van der Waals surface area contributed by atoms with Crippen LogP contribution in [-0.4, -0.2) is 28.3 Å². The second-order valence-electron chi connectivity index (χ2n) is 6.16. The molecule has 2 aromatic rings. The van der Waals surface area contributed by atoms with Crippen molar-refractivity contribution in [1.29, 1.82) is 0 Å². The van der Waals surface area contributed by atoms with E-state index in [2.05, 4.69) is 16.0 Å². The number of fused-ring (bicyclic) bond motifs is 1. The van der Waals surface area contributed by atoms with Crippen molar-refractivity contribution < 1.29 is 9.31 Å². The lowest BCUT2D eigenvalue weighted by molar-refractivity contribution is 0.00578. The van der Waals surface area contributed by atoms with Gasteiger partial charge in [-0.3, -0.25) is 4.98 Å². The van der Waals surface area contributed by atoms with E-state index in [1.807, 2.05) is 58.2 Å². The molecule has 2 aromatic heterocycles.